The second-order valence-corrected chi connectivity index (χ2v) is 8.96. The third kappa shape index (κ3) is 4.55. The molecule has 2 aromatic rings. The Balaban J connectivity index is 1.34. The average Bonchev–Trinajstić information content (AvgIpc) is 2.84. The summed E-state index contributed by atoms with van der Waals surface area (Å²) in [6, 6.07) is 9.91. The Labute approximate surface area is 184 Å². The summed E-state index contributed by atoms with van der Waals surface area (Å²) < 4.78 is 0. The number of carbonyl (C=O) groups is 2. The summed E-state index contributed by atoms with van der Waals surface area (Å²) in [7, 11) is 0. The van der Waals surface area contributed by atoms with E-state index >= 15 is 0 Å². The van der Waals surface area contributed by atoms with Crippen molar-refractivity contribution in [1.82, 2.24) is 19.8 Å². The molecule has 1 aromatic carbocycles. The van der Waals surface area contributed by atoms with Crippen molar-refractivity contribution in [2.45, 2.75) is 32.1 Å². The van der Waals surface area contributed by atoms with Gasteiger partial charge in [0.2, 0.25) is 11.8 Å². The monoisotopic (exact) mass is 421 g/mol. The highest BCUT2D eigenvalue weighted by Gasteiger charge is 2.37. The highest BCUT2D eigenvalue weighted by Crippen LogP contribution is 2.27. The molecule has 0 unspecified atom stereocenters. The minimum atomic E-state index is -0.575. The van der Waals surface area contributed by atoms with Crippen molar-refractivity contribution in [3.05, 3.63) is 54.5 Å². The largest absolute Gasteiger partial charge is 0.355 e. The molecule has 31 heavy (non-hydrogen) atoms. The molecule has 1 atom stereocenters. The summed E-state index contributed by atoms with van der Waals surface area (Å²) >= 11 is 0. The van der Waals surface area contributed by atoms with Gasteiger partial charge in [0.1, 0.15) is 5.82 Å². The van der Waals surface area contributed by atoms with Crippen LogP contribution in [-0.2, 0) is 15.0 Å². The summed E-state index contributed by atoms with van der Waals surface area (Å²) in [6.45, 7) is 7.89. The molecule has 3 heterocycles. The number of anilines is 1. The Morgan fingerprint density at radius 2 is 1.68 bits per heavy atom. The van der Waals surface area contributed by atoms with Gasteiger partial charge in [0, 0.05) is 51.7 Å². The summed E-state index contributed by atoms with van der Waals surface area (Å²) in [4.78, 5) is 40.9. The number of hydrogen-bond acceptors (Lipinski definition) is 5. The summed E-state index contributed by atoms with van der Waals surface area (Å²) in [5.41, 5.74) is 0.443. The van der Waals surface area contributed by atoms with Gasteiger partial charge in [-0.15, -0.1) is 0 Å². The van der Waals surface area contributed by atoms with E-state index < -0.39 is 5.41 Å². The van der Waals surface area contributed by atoms with E-state index in [0.29, 0.717) is 32.7 Å². The Morgan fingerprint density at radius 3 is 2.35 bits per heavy atom. The zero-order valence-corrected chi connectivity index (χ0v) is 18.4. The molecule has 2 aliphatic heterocycles. The molecule has 2 fully saturated rings. The van der Waals surface area contributed by atoms with Crippen LogP contribution < -0.4 is 4.90 Å². The van der Waals surface area contributed by atoms with Crippen LogP contribution in [0.2, 0.25) is 0 Å². The number of aromatic nitrogens is 2. The molecule has 0 radical (unpaired) electrons. The van der Waals surface area contributed by atoms with E-state index in [1.54, 1.807) is 18.6 Å². The van der Waals surface area contributed by atoms with Crippen LogP contribution in [0, 0.1) is 5.92 Å². The van der Waals surface area contributed by atoms with Crippen LogP contribution in [0.5, 0.6) is 0 Å². The van der Waals surface area contributed by atoms with Gasteiger partial charge < -0.3 is 14.7 Å². The van der Waals surface area contributed by atoms with Crippen molar-refractivity contribution in [2.75, 3.05) is 44.2 Å². The molecule has 2 aliphatic rings. The zero-order chi connectivity index (χ0) is 21.8. The van der Waals surface area contributed by atoms with Crippen molar-refractivity contribution < 1.29 is 9.59 Å². The number of amides is 2. The second-order valence-electron chi connectivity index (χ2n) is 8.96. The molecular weight excluding hydrogens is 390 g/mol. The smallest absolute Gasteiger partial charge is 0.232 e. The number of piperazine rings is 1. The maximum Gasteiger partial charge on any atom is 0.232 e. The number of carbonyl (C=O) groups excluding carboxylic acids is 2. The van der Waals surface area contributed by atoms with Crippen LogP contribution >= 0.6 is 0 Å². The summed E-state index contributed by atoms with van der Waals surface area (Å²) in [5.74, 6) is 1.12. The first kappa shape index (κ1) is 21.3. The maximum absolute atomic E-state index is 13.2. The first-order valence-electron chi connectivity index (χ1n) is 11.1. The normalized spacial score (nSPS) is 19.9. The van der Waals surface area contributed by atoms with Gasteiger partial charge in [0.15, 0.2) is 0 Å². The molecule has 164 valence electrons. The number of rotatable bonds is 4. The van der Waals surface area contributed by atoms with Gasteiger partial charge in [-0.3, -0.25) is 14.6 Å². The fraction of sp³-hybridized carbons (Fsp3) is 0.500. The number of hydrogen-bond donors (Lipinski definition) is 0. The third-order valence-electron chi connectivity index (χ3n) is 6.55. The Bertz CT molecular complexity index is 895. The summed E-state index contributed by atoms with van der Waals surface area (Å²) in [6.07, 6.45) is 6.97. The lowest BCUT2D eigenvalue weighted by Crippen LogP contribution is -2.56. The molecule has 0 spiro atoms. The number of nitrogens with zero attached hydrogens (tertiary/aromatic N) is 5. The van der Waals surface area contributed by atoms with Gasteiger partial charge in [0.05, 0.1) is 17.5 Å². The lowest BCUT2D eigenvalue weighted by atomic mass is 9.83. The van der Waals surface area contributed by atoms with Crippen molar-refractivity contribution in [3.63, 3.8) is 0 Å². The lowest BCUT2D eigenvalue weighted by molar-refractivity contribution is -0.144. The van der Waals surface area contributed by atoms with Gasteiger partial charge in [-0.2, -0.15) is 0 Å². The van der Waals surface area contributed by atoms with E-state index in [1.165, 1.54) is 0 Å². The predicted octanol–water partition coefficient (Wildman–Crippen LogP) is 2.34. The van der Waals surface area contributed by atoms with E-state index in [-0.39, 0.29) is 17.7 Å². The number of benzene rings is 1. The van der Waals surface area contributed by atoms with Gasteiger partial charge in [-0.25, -0.2) is 4.98 Å². The SMILES string of the molecule is CC(C)(C(=O)N1CCN(C(=O)[C@H]2CCCN(c3cnccn3)C2)CC1)c1ccccc1. The standard InChI is InChI=1S/C24H31N5O2/c1-24(2,20-8-4-3-5-9-20)23(31)28-15-13-27(14-16-28)22(30)19-7-6-12-29(18-19)21-17-25-10-11-26-21/h3-5,8-11,17,19H,6-7,12-16,18H2,1-2H3/t19-/m0/s1. The minimum Gasteiger partial charge on any atom is -0.355 e. The van der Waals surface area contributed by atoms with Crippen LogP contribution in [0.25, 0.3) is 0 Å². The molecule has 0 aliphatic carbocycles. The minimum absolute atomic E-state index is 0.0289. The van der Waals surface area contributed by atoms with Gasteiger partial charge in [0.25, 0.3) is 0 Å². The van der Waals surface area contributed by atoms with Crippen molar-refractivity contribution in [1.29, 1.82) is 0 Å². The first-order chi connectivity index (χ1) is 15.0. The Morgan fingerprint density at radius 1 is 0.968 bits per heavy atom. The summed E-state index contributed by atoms with van der Waals surface area (Å²) in [5, 5.41) is 0. The zero-order valence-electron chi connectivity index (χ0n) is 18.4. The van der Waals surface area contributed by atoms with Crippen molar-refractivity contribution >= 4 is 17.6 Å². The molecule has 7 heteroatoms. The van der Waals surface area contributed by atoms with Crippen LogP contribution in [0.3, 0.4) is 0 Å². The lowest BCUT2D eigenvalue weighted by Gasteiger charge is -2.41. The van der Waals surface area contributed by atoms with E-state index in [9.17, 15) is 9.59 Å². The number of piperidine rings is 1. The topological polar surface area (TPSA) is 69.6 Å². The molecule has 0 bridgehead atoms. The molecule has 2 saturated heterocycles. The van der Waals surface area contributed by atoms with Crippen molar-refractivity contribution in [3.8, 4) is 0 Å². The van der Waals surface area contributed by atoms with Crippen LogP contribution in [0.4, 0.5) is 5.82 Å². The van der Waals surface area contributed by atoms with E-state index in [0.717, 1.165) is 30.8 Å². The highest BCUT2D eigenvalue weighted by atomic mass is 16.2. The second kappa shape index (κ2) is 9.04. The fourth-order valence-electron chi connectivity index (χ4n) is 4.60. The molecule has 1 aromatic heterocycles. The molecule has 2 amide bonds. The molecule has 4 rings (SSSR count). The van der Waals surface area contributed by atoms with Gasteiger partial charge in [-0.05, 0) is 32.3 Å². The third-order valence-corrected chi connectivity index (χ3v) is 6.55. The van der Waals surface area contributed by atoms with E-state index in [1.807, 2.05) is 54.0 Å². The average molecular weight is 422 g/mol. The predicted molar refractivity (Wildman–Crippen MR) is 120 cm³/mol. The Kier molecular flexibility index (Phi) is 6.20. The molecule has 0 saturated carbocycles. The van der Waals surface area contributed by atoms with Crippen LogP contribution in [0.15, 0.2) is 48.9 Å². The van der Waals surface area contributed by atoms with E-state index in [2.05, 4.69) is 14.9 Å². The highest BCUT2D eigenvalue weighted by molar-refractivity contribution is 5.88. The van der Waals surface area contributed by atoms with Crippen molar-refractivity contribution in [2.24, 2.45) is 5.92 Å². The molecular formula is C24H31N5O2. The van der Waals surface area contributed by atoms with Crippen LogP contribution in [0.1, 0.15) is 32.3 Å². The molecule has 7 nitrogen and oxygen atoms in total. The Hall–Kier alpha value is -2.96. The van der Waals surface area contributed by atoms with E-state index in [4.69, 9.17) is 0 Å². The van der Waals surface area contributed by atoms with Gasteiger partial charge >= 0.3 is 0 Å². The first-order valence-corrected chi connectivity index (χ1v) is 11.1. The van der Waals surface area contributed by atoms with Gasteiger partial charge in [-0.1, -0.05) is 30.3 Å². The maximum atomic E-state index is 13.2. The van der Waals surface area contributed by atoms with Crippen LogP contribution in [-0.4, -0.2) is 70.9 Å². The fourth-order valence-corrected chi connectivity index (χ4v) is 4.60. The molecule has 0 N–H and O–H groups in total. The quantitative estimate of drug-likeness (QED) is 0.758.